The van der Waals surface area contributed by atoms with E-state index in [1.54, 1.807) is 29.3 Å². The summed E-state index contributed by atoms with van der Waals surface area (Å²) in [4.78, 5) is 32.6. The second-order valence-electron chi connectivity index (χ2n) is 7.18. The van der Waals surface area contributed by atoms with Gasteiger partial charge in [-0.25, -0.2) is 0 Å². The van der Waals surface area contributed by atoms with Crippen molar-refractivity contribution in [2.24, 2.45) is 5.92 Å². The standard InChI is InChI=1S/C21H23N3O4/c1-28-19-13-22-7-6-16(19)14-2-4-15(5-3-14)20(26)23-8-10-24(11-9-23)21(27)17-12-18(17)25/h2-7,13,17-18,25H,8-12H2,1H3. The van der Waals surface area contributed by atoms with Crippen molar-refractivity contribution in [3.63, 3.8) is 0 Å². The summed E-state index contributed by atoms with van der Waals surface area (Å²) >= 11 is 0. The minimum Gasteiger partial charge on any atom is -0.494 e. The number of aliphatic hydroxyl groups is 1. The quantitative estimate of drug-likeness (QED) is 0.866. The van der Waals surface area contributed by atoms with Crippen molar-refractivity contribution in [3.8, 4) is 16.9 Å². The number of hydrogen-bond acceptors (Lipinski definition) is 5. The highest BCUT2D eigenvalue weighted by Crippen LogP contribution is 2.32. The normalized spacial score (nSPS) is 21.4. The molecule has 2 aromatic rings. The molecule has 0 radical (unpaired) electrons. The first-order valence-corrected chi connectivity index (χ1v) is 9.43. The lowest BCUT2D eigenvalue weighted by Gasteiger charge is -2.35. The topological polar surface area (TPSA) is 83.0 Å². The maximum Gasteiger partial charge on any atom is 0.253 e. The molecular weight excluding hydrogens is 358 g/mol. The van der Waals surface area contributed by atoms with E-state index < -0.39 is 6.10 Å². The number of piperazine rings is 1. The Kier molecular flexibility index (Phi) is 5.00. The number of amides is 2. The number of benzene rings is 1. The first-order chi connectivity index (χ1) is 13.6. The van der Waals surface area contributed by atoms with Crippen molar-refractivity contribution in [2.45, 2.75) is 12.5 Å². The van der Waals surface area contributed by atoms with Gasteiger partial charge in [0.1, 0.15) is 5.75 Å². The molecule has 1 aromatic carbocycles. The van der Waals surface area contributed by atoms with Crippen LogP contribution in [-0.4, -0.2) is 71.1 Å². The molecule has 1 saturated carbocycles. The van der Waals surface area contributed by atoms with Crippen LogP contribution in [0.1, 0.15) is 16.8 Å². The molecular formula is C21H23N3O4. The fourth-order valence-corrected chi connectivity index (χ4v) is 3.57. The highest BCUT2D eigenvalue weighted by molar-refractivity contribution is 5.95. The zero-order chi connectivity index (χ0) is 19.7. The van der Waals surface area contributed by atoms with E-state index in [-0.39, 0.29) is 17.7 Å². The lowest BCUT2D eigenvalue weighted by atomic mass is 10.0. The van der Waals surface area contributed by atoms with Crippen molar-refractivity contribution < 1.29 is 19.4 Å². The van der Waals surface area contributed by atoms with Crippen LogP contribution >= 0.6 is 0 Å². The van der Waals surface area contributed by atoms with E-state index in [0.717, 1.165) is 11.1 Å². The largest absolute Gasteiger partial charge is 0.494 e. The smallest absolute Gasteiger partial charge is 0.253 e. The predicted octanol–water partition coefficient (Wildman–Crippen LogP) is 1.42. The highest BCUT2D eigenvalue weighted by atomic mass is 16.5. The Labute approximate surface area is 163 Å². The first-order valence-electron chi connectivity index (χ1n) is 9.43. The van der Waals surface area contributed by atoms with Gasteiger partial charge in [0.15, 0.2) is 0 Å². The minimum absolute atomic E-state index is 0.00949. The predicted molar refractivity (Wildman–Crippen MR) is 103 cm³/mol. The second-order valence-corrected chi connectivity index (χ2v) is 7.18. The molecule has 0 bridgehead atoms. The lowest BCUT2D eigenvalue weighted by Crippen LogP contribution is -2.51. The zero-order valence-corrected chi connectivity index (χ0v) is 15.7. The number of aliphatic hydroxyl groups excluding tert-OH is 1. The molecule has 7 heteroatoms. The summed E-state index contributed by atoms with van der Waals surface area (Å²) in [6, 6.07) is 9.31. The van der Waals surface area contributed by atoms with Gasteiger partial charge in [0.25, 0.3) is 5.91 Å². The molecule has 1 aliphatic heterocycles. The van der Waals surface area contributed by atoms with Gasteiger partial charge in [-0.1, -0.05) is 12.1 Å². The SMILES string of the molecule is COc1cnccc1-c1ccc(C(=O)N2CCN(C(=O)C3CC3O)CC2)cc1. The summed E-state index contributed by atoms with van der Waals surface area (Å²) in [5, 5.41) is 9.43. The highest BCUT2D eigenvalue weighted by Gasteiger charge is 2.44. The van der Waals surface area contributed by atoms with Gasteiger partial charge in [-0.15, -0.1) is 0 Å². The minimum atomic E-state index is -0.482. The zero-order valence-electron chi connectivity index (χ0n) is 15.7. The van der Waals surface area contributed by atoms with Gasteiger partial charge >= 0.3 is 0 Å². The molecule has 1 aliphatic carbocycles. The average Bonchev–Trinajstić information content (AvgIpc) is 3.49. The van der Waals surface area contributed by atoms with Crippen LogP contribution in [0.5, 0.6) is 5.75 Å². The number of nitrogens with zero attached hydrogens (tertiary/aromatic N) is 3. The molecule has 1 saturated heterocycles. The van der Waals surface area contributed by atoms with Gasteiger partial charge < -0.3 is 19.6 Å². The van der Waals surface area contributed by atoms with Crippen molar-refractivity contribution in [2.75, 3.05) is 33.3 Å². The molecule has 2 heterocycles. The van der Waals surface area contributed by atoms with E-state index in [4.69, 9.17) is 4.74 Å². The number of rotatable bonds is 4. The number of hydrogen-bond donors (Lipinski definition) is 1. The van der Waals surface area contributed by atoms with Gasteiger partial charge in [-0.05, 0) is 30.2 Å². The third-order valence-corrected chi connectivity index (χ3v) is 5.40. The van der Waals surface area contributed by atoms with Crippen LogP contribution in [0.25, 0.3) is 11.1 Å². The van der Waals surface area contributed by atoms with Crippen LogP contribution in [0.4, 0.5) is 0 Å². The van der Waals surface area contributed by atoms with Crippen LogP contribution in [0.2, 0.25) is 0 Å². The molecule has 4 rings (SSSR count). The summed E-state index contributed by atoms with van der Waals surface area (Å²) in [7, 11) is 1.60. The Morgan fingerprint density at radius 1 is 1.07 bits per heavy atom. The molecule has 2 fully saturated rings. The third kappa shape index (κ3) is 3.57. The van der Waals surface area contributed by atoms with E-state index in [0.29, 0.717) is 43.9 Å². The summed E-state index contributed by atoms with van der Waals surface area (Å²) < 4.78 is 5.34. The number of carbonyl (C=O) groups excluding carboxylic acids is 2. The van der Waals surface area contributed by atoms with Crippen LogP contribution in [-0.2, 0) is 4.79 Å². The second kappa shape index (κ2) is 7.59. The van der Waals surface area contributed by atoms with Gasteiger partial charge in [0.05, 0.1) is 25.3 Å². The number of methoxy groups -OCH3 is 1. The van der Waals surface area contributed by atoms with E-state index in [1.807, 2.05) is 30.3 Å². The summed E-state index contributed by atoms with van der Waals surface area (Å²) in [5.74, 6) is 0.421. The maximum atomic E-state index is 12.8. The first kappa shape index (κ1) is 18.4. The Morgan fingerprint density at radius 2 is 1.71 bits per heavy atom. The van der Waals surface area contributed by atoms with Crippen LogP contribution in [0.3, 0.4) is 0 Å². The van der Waals surface area contributed by atoms with E-state index >= 15 is 0 Å². The summed E-state index contributed by atoms with van der Waals surface area (Å²) in [6.07, 6.45) is 3.45. The van der Waals surface area contributed by atoms with Gasteiger partial charge in [-0.2, -0.15) is 0 Å². The summed E-state index contributed by atoms with van der Waals surface area (Å²) in [6.45, 7) is 2.04. The van der Waals surface area contributed by atoms with E-state index in [1.165, 1.54) is 0 Å². The Bertz CT molecular complexity index is 875. The van der Waals surface area contributed by atoms with Crippen LogP contribution in [0, 0.1) is 5.92 Å². The number of pyridine rings is 1. The molecule has 146 valence electrons. The molecule has 2 unspecified atom stereocenters. The van der Waals surface area contributed by atoms with Gasteiger partial charge in [0.2, 0.25) is 5.91 Å². The van der Waals surface area contributed by atoms with Crippen LogP contribution < -0.4 is 4.74 Å². The lowest BCUT2D eigenvalue weighted by molar-refractivity contribution is -0.134. The molecule has 2 atom stereocenters. The van der Waals surface area contributed by atoms with E-state index in [9.17, 15) is 14.7 Å². The molecule has 2 amide bonds. The van der Waals surface area contributed by atoms with Gasteiger partial charge in [-0.3, -0.25) is 14.6 Å². The number of ether oxygens (including phenoxy) is 1. The average molecular weight is 381 g/mol. The fraction of sp³-hybridized carbons (Fsp3) is 0.381. The van der Waals surface area contributed by atoms with Crippen molar-refractivity contribution >= 4 is 11.8 Å². The maximum absolute atomic E-state index is 12.8. The van der Waals surface area contributed by atoms with Crippen molar-refractivity contribution in [3.05, 3.63) is 48.3 Å². The fourth-order valence-electron chi connectivity index (χ4n) is 3.57. The molecule has 0 spiro atoms. The summed E-state index contributed by atoms with van der Waals surface area (Å²) in [5.41, 5.74) is 2.49. The number of carbonyl (C=O) groups is 2. The van der Waals surface area contributed by atoms with Crippen molar-refractivity contribution in [1.82, 2.24) is 14.8 Å². The van der Waals surface area contributed by atoms with Crippen LogP contribution in [0.15, 0.2) is 42.7 Å². The molecule has 2 aliphatic rings. The Morgan fingerprint density at radius 3 is 2.32 bits per heavy atom. The number of aromatic nitrogens is 1. The third-order valence-electron chi connectivity index (χ3n) is 5.40. The van der Waals surface area contributed by atoms with Gasteiger partial charge in [0, 0.05) is 43.5 Å². The van der Waals surface area contributed by atoms with E-state index in [2.05, 4.69) is 4.98 Å². The molecule has 1 aromatic heterocycles. The Hall–Kier alpha value is -2.93. The molecule has 7 nitrogen and oxygen atoms in total. The monoisotopic (exact) mass is 381 g/mol. The Balaban J connectivity index is 1.40. The molecule has 28 heavy (non-hydrogen) atoms. The molecule has 1 N–H and O–H groups in total. The van der Waals surface area contributed by atoms with Crippen molar-refractivity contribution in [1.29, 1.82) is 0 Å².